The van der Waals surface area contributed by atoms with E-state index in [4.69, 9.17) is 27.9 Å². The molecule has 0 bridgehead atoms. The van der Waals surface area contributed by atoms with E-state index in [0.717, 1.165) is 42.4 Å². The fourth-order valence-corrected chi connectivity index (χ4v) is 4.72. The van der Waals surface area contributed by atoms with Crippen LogP contribution in [-0.4, -0.2) is 35.4 Å². The predicted octanol–water partition coefficient (Wildman–Crippen LogP) is 6.25. The molecule has 1 saturated carbocycles. The summed E-state index contributed by atoms with van der Waals surface area (Å²) in [6, 6.07) is 10.6. The van der Waals surface area contributed by atoms with E-state index in [0.29, 0.717) is 22.2 Å². The SMILES string of the molecule is CC[C@H](C(=O)NC1CCCCC1)N(Cc1ccc(Cl)c(Cl)c1)C(=O)COc1cccc(C)c1C. The first-order chi connectivity index (χ1) is 16.3. The van der Waals surface area contributed by atoms with Crippen molar-refractivity contribution in [1.29, 1.82) is 0 Å². The van der Waals surface area contributed by atoms with Gasteiger partial charge < -0.3 is 15.0 Å². The molecule has 1 atom stereocenters. The van der Waals surface area contributed by atoms with E-state index in [9.17, 15) is 9.59 Å². The predicted molar refractivity (Wildman–Crippen MR) is 138 cm³/mol. The van der Waals surface area contributed by atoms with Crippen LogP contribution >= 0.6 is 23.2 Å². The topological polar surface area (TPSA) is 58.6 Å². The van der Waals surface area contributed by atoms with E-state index in [2.05, 4.69) is 5.32 Å². The number of rotatable bonds is 9. The molecule has 0 heterocycles. The van der Waals surface area contributed by atoms with Crippen LogP contribution in [0.4, 0.5) is 0 Å². The lowest BCUT2D eigenvalue weighted by atomic mass is 9.95. The van der Waals surface area contributed by atoms with Crippen LogP contribution in [0.1, 0.15) is 62.1 Å². The normalized spacial score (nSPS) is 15.0. The zero-order chi connectivity index (χ0) is 24.7. The number of aryl methyl sites for hydroxylation is 1. The lowest BCUT2D eigenvalue weighted by molar-refractivity contribution is -0.143. The lowest BCUT2D eigenvalue weighted by Crippen LogP contribution is -2.52. The number of ether oxygens (including phenoxy) is 1. The zero-order valence-electron chi connectivity index (χ0n) is 20.2. The average molecular weight is 505 g/mol. The van der Waals surface area contributed by atoms with Crippen molar-refractivity contribution >= 4 is 35.0 Å². The van der Waals surface area contributed by atoms with Gasteiger partial charge in [0.2, 0.25) is 5.91 Å². The Labute approximate surface area is 212 Å². The van der Waals surface area contributed by atoms with Crippen molar-refractivity contribution < 1.29 is 14.3 Å². The molecule has 0 radical (unpaired) electrons. The number of nitrogens with one attached hydrogen (secondary N) is 1. The van der Waals surface area contributed by atoms with Crippen LogP contribution in [0.25, 0.3) is 0 Å². The molecule has 1 fully saturated rings. The minimum absolute atomic E-state index is 0.116. The Morgan fingerprint density at radius 1 is 1.09 bits per heavy atom. The van der Waals surface area contributed by atoms with Crippen LogP contribution in [0.15, 0.2) is 36.4 Å². The molecule has 2 amide bonds. The van der Waals surface area contributed by atoms with Gasteiger partial charge in [-0.25, -0.2) is 0 Å². The van der Waals surface area contributed by atoms with Gasteiger partial charge in [-0.05, 0) is 68.0 Å². The molecular formula is C27H34Cl2N2O3. The van der Waals surface area contributed by atoms with Crippen LogP contribution in [0.2, 0.25) is 10.0 Å². The number of amides is 2. The fraction of sp³-hybridized carbons (Fsp3) is 0.481. The number of nitrogens with zero attached hydrogens (tertiary/aromatic N) is 1. The molecule has 2 aromatic rings. The van der Waals surface area contributed by atoms with Gasteiger partial charge in [0.25, 0.3) is 5.91 Å². The third-order valence-electron chi connectivity index (χ3n) is 6.58. The highest BCUT2D eigenvalue weighted by Gasteiger charge is 2.30. The molecule has 2 aromatic carbocycles. The summed E-state index contributed by atoms with van der Waals surface area (Å²) in [7, 11) is 0. The van der Waals surface area contributed by atoms with Crippen molar-refractivity contribution in [2.24, 2.45) is 0 Å². The minimum atomic E-state index is -0.605. The van der Waals surface area contributed by atoms with Crippen molar-refractivity contribution in [3.05, 3.63) is 63.1 Å². The molecule has 0 aliphatic heterocycles. The monoisotopic (exact) mass is 504 g/mol. The molecule has 0 spiro atoms. The summed E-state index contributed by atoms with van der Waals surface area (Å²) in [5, 5.41) is 4.04. The third-order valence-corrected chi connectivity index (χ3v) is 7.32. The zero-order valence-corrected chi connectivity index (χ0v) is 21.7. The van der Waals surface area contributed by atoms with Gasteiger partial charge in [0, 0.05) is 12.6 Å². The second kappa shape index (κ2) is 12.5. The summed E-state index contributed by atoms with van der Waals surface area (Å²) >= 11 is 12.3. The summed E-state index contributed by atoms with van der Waals surface area (Å²) in [5.41, 5.74) is 2.89. The Balaban J connectivity index is 1.80. The summed E-state index contributed by atoms with van der Waals surface area (Å²) < 4.78 is 5.90. The van der Waals surface area contributed by atoms with Crippen LogP contribution in [0, 0.1) is 13.8 Å². The Bertz CT molecular complexity index is 1010. The first-order valence-corrected chi connectivity index (χ1v) is 12.8. The Morgan fingerprint density at radius 2 is 1.82 bits per heavy atom. The second-order valence-electron chi connectivity index (χ2n) is 9.02. The quantitative estimate of drug-likeness (QED) is 0.439. The molecule has 1 aliphatic carbocycles. The highest BCUT2D eigenvalue weighted by atomic mass is 35.5. The molecule has 1 N–H and O–H groups in total. The van der Waals surface area contributed by atoms with Gasteiger partial charge in [-0.15, -0.1) is 0 Å². The first kappa shape index (κ1) is 26.4. The number of benzene rings is 2. The van der Waals surface area contributed by atoms with Crippen LogP contribution in [0.3, 0.4) is 0 Å². The van der Waals surface area contributed by atoms with Gasteiger partial charge in [0.15, 0.2) is 6.61 Å². The van der Waals surface area contributed by atoms with Gasteiger partial charge in [0.05, 0.1) is 10.0 Å². The van der Waals surface area contributed by atoms with Gasteiger partial charge >= 0.3 is 0 Å². The number of carbonyl (C=O) groups excluding carboxylic acids is 2. The van der Waals surface area contributed by atoms with Gasteiger partial charge in [0.1, 0.15) is 11.8 Å². The third kappa shape index (κ3) is 6.89. The minimum Gasteiger partial charge on any atom is -0.483 e. The van der Waals surface area contributed by atoms with Gasteiger partial charge in [-0.2, -0.15) is 0 Å². The number of halogens is 2. The first-order valence-electron chi connectivity index (χ1n) is 12.0. The highest BCUT2D eigenvalue weighted by Crippen LogP contribution is 2.25. The van der Waals surface area contributed by atoms with E-state index in [1.807, 2.05) is 45.0 Å². The van der Waals surface area contributed by atoms with E-state index in [1.54, 1.807) is 17.0 Å². The van der Waals surface area contributed by atoms with E-state index >= 15 is 0 Å². The highest BCUT2D eigenvalue weighted by molar-refractivity contribution is 6.42. The van der Waals surface area contributed by atoms with E-state index < -0.39 is 6.04 Å². The second-order valence-corrected chi connectivity index (χ2v) is 9.84. The maximum absolute atomic E-state index is 13.4. The molecule has 5 nitrogen and oxygen atoms in total. The van der Waals surface area contributed by atoms with Crippen molar-refractivity contribution in [2.75, 3.05) is 6.61 Å². The number of hydrogen-bond donors (Lipinski definition) is 1. The summed E-state index contributed by atoms with van der Waals surface area (Å²) in [6.07, 6.45) is 5.92. The number of hydrogen-bond acceptors (Lipinski definition) is 3. The Hall–Kier alpha value is -2.24. The smallest absolute Gasteiger partial charge is 0.261 e. The summed E-state index contributed by atoms with van der Waals surface area (Å²) in [6.45, 7) is 5.98. The lowest BCUT2D eigenvalue weighted by Gasteiger charge is -2.32. The average Bonchev–Trinajstić information content (AvgIpc) is 2.82. The molecule has 34 heavy (non-hydrogen) atoms. The summed E-state index contributed by atoms with van der Waals surface area (Å²) in [5.74, 6) is 0.301. The molecule has 0 aromatic heterocycles. The fourth-order valence-electron chi connectivity index (χ4n) is 4.40. The van der Waals surface area contributed by atoms with Crippen molar-refractivity contribution in [1.82, 2.24) is 10.2 Å². The van der Waals surface area contributed by atoms with Crippen LogP contribution in [0.5, 0.6) is 5.75 Å². The maximum Gasteiger partial charge on any atom is 0.261 e. The van der Waals surface area contributed by atoms with E-state index in [1.165, 1.54) is 6.42 Å². The molecule has 7 heteroatoms. The van der Waals surface area contributed by atoms with Gasteiger partial charge in [-0.3, -0.25) is 9.59 Å². The Kier molecular flexibility index (Phi) is 9.66. The largest absolute Gasteiger partial charge is 0.483 e. The molecule has 0 saturated heterocycles. The molecule has 184 valence electrons. The van der Waals surface area contributed by atoms with Crippen LogP contribution in [-0.2, 0) is 16.1 Å². The van der Waals surface area contributed by atoms with Crippen molar-refractivity contribution in [2.45, 2.75) is 77.9 Å². The molecule has 1 aliphatic rings. The number of carbonyl (C=O) groups is 2. The molecule has 0 unspecified atom stereocenters. The molecule has 3 rings (SSSR count). The van der Waals surface area contributed by atoms with Crippen LogP contribution < -0.4 is 10.1 Å². The maximum atomic E-state index is 13.4. The van der Waals surface area contributed by atoms with Crippen molar-refractivity contribution in [3.8, 4) is 5.75 Å². The summed E-state index contributed by atoms with van der Waals surface area (Å²) in [4.78, 5) is 28.3. The van der Waals surface area contributed by atoms with Crippen molar-refractivity contribution in [3.63, 3.8) is 0 Å². The Morgan fingerprint density at radius 3 is 2.50 bits per heavy atom. The van der Waals surface area contributed by atoms with E-state index in [-0.39, 0.29) is 31.0 Å². The van der Waals surface area contributed by atoms with Gasteiger partial charge in [-0.1, -0.05) is 67.6 Å². The molecular weight excluding hydrogens is 471 g/mol. The standard InChI is InChI=1S/C27H34Cl2N2O3/c1-4-24(27(33)30-21-10-6-5-7-11-21)31(16-20-13-14-22(28)23(29)15-20)26(32)17-34-25-12-8-9-18(2)19(25)3/h8-9,12-15,21,24H,4-7,10-11,16-17H2,1-3H3,(H,30,33)/t24-/m1/s1.